The molecule has 0 bridgehead atoms. The van der Waals surface area contributed by atoms with E-state index in [1.165, 1.54) is 21.8 Å². The van der Waals surface area contributed by atoms with E-state index in [2.05, 4.69) is 10.3 Å². The van der Waals surface area contributed by atoms with Crippen molar-refractivity contribution in [2.75, 3.05) is 25.1 Å². The van der Waals surface area contributed by atoms with E-state index >= 15 is 4.39 Å². The molecule has 31 heavy (non-hydrogen) atoms. The second kappa shape index (κ2) is 8.60. The van der Waals surface area contributed by atoms with E-state index in [-0.39, 0.29) is 17.8 Å². The number of Topliss-reactive ketones (excluding diaryl/α,β-unsaturated/α-hetero) is 1. The zero-order valence-corrected chi connectivity index (χ0v) is 17.1. The summed E-state index contributed by atoms with van der Waals surface area (Å²) >= 11 is 0. The molecule has 2 aliphatic heterocycles. The zero-order valence-electron chi connectivity index (χ0n) is 17.1. The van der Waals surface area contributed by atoms with Gasteiger partial charge in [0.15, 0.2) is 11.6 Å². The third-order valence-electron chi connectivity index (χ3n) is 5.90. The van der Waals surface area contributed by atoms with Crippen LogP contribution in [0.4, 0.5) is 14.9 Å². The standard InChI is InChI=1S/C20H25FN6O4/c1-25-18(15(31-20(25)30)10-26-9-7-23-24-26)13-6-5-12(14(29)11-28)17(21)19(13)27-8-3-2-4-16(27)22/h5-7,9,15-16,18,28H,2-4,8,10-11,22H2,1H3. The quantitative estimate of drug-likeness (QED) is 0.649. The molecule has 1 aromatic carbocycles. The molecule has 1 aromatic heterocycles. The highest BCUT2D eigenvalue weighted by Gasteiger charge is 2.44. The Kier molecular flexibility index (Phi) is 5.88. The second-order valence-corrected chi connectivity index (χ2v) is 7.81. The number of carbonyl (C=O) groups is 2. The number of hydrogen-bond donors (Lipinski definition) is 2. The third kappa shape index (κ3) is 3.86. The molecule has 1 amide bonds. The molecule has 10 nitrogen and oxygen atoms in total. The number of carbonyl (C=O) groups excluding carboxylic acids is 2. The van der Waals surface area contributed by atoms with Crippen molar-refractivity contribution in [1.82, 2.24) is 19.9 Å². The molecule has 3 heterocycles. The molecule has 2 aliphatic rings. The van der Waals surface area contributed by atoms with Gasteiger partial charge in [-0.1, -0.05) is 11.3 Å². The first-order valence-electron chi connectivity index (χ1n) is 10.2. The lowest BCUT2D eigenvalue weighted by atomic mass is 9.93. The number of aromatic nitrogens is 3. The van der Waals surface area contributed by atoms with Crippen molar-refractivity contribution in [1.29, 1.82) is 0 Å². The predicted molar refractivity (Wildman–Crippen MR) is 108 cm³/mol. The van der Waals surface area contributed by atoms with Crippen molar-refractivity contribution in [3.8, 4) is 0 Å². The van der Waals surface area contributed by atoms with Crippen LogP contribution in [0.1, 0.15) is 41.2 Å². The lowest BCUT2D eigenvalue weighted by Crippen LogP contribution is -2.47. The molecule has 3 unspecified atom stereocenters. The number of nitrogens with zero attached hydrogens (tertiary/aromatic N) is 5. The zero-order chi connectivity index (χ0) is 22.1. The van der Waals surface area contributed by atoms with Gasteiger partial charge in [0.1, 0.15) is 18.8 Å². The first-order valence-corrected chi connectivity index (χ1v) is 10.2. The monoisotopic (exact) mass is 432 g/mol. The molecule has 166 valence electrons. The number of ether oxygens (including phenoxy) is 1. The minimum absolute atomic E-state index is 0.172. The number of anilines is 1. The summed E-state index contributed by atoms with van der Waals surface area (Å²) in [6.07, 6.45) is 3.95. The van der Waals surface area contributed by atoms with Gasteiger partial charge in [0, 0.05) is 25.4 Å². The molecule has 3 N–H and O–H groups in total. The van der Waals surface area contributed by atoms with Crippen LogP contribution in [0.3, 0.4) is 0 Å². The van der Waals surface area contributed by atoms with E-state index in [1.807, 2.05) is 0 Å². The van der Waals surface area contributed by atoms with Crippen molar-refractivity contribution in [2.24, 2.45) is 5.73 Å². The maximum atomic E-state index is 15.7. The van der Waals surface area contributed by atoms with Gasteiger partial charge < -0.3 is 25.4 Å². The highest BCUT2D eigenvalue weighted by Crippen LogP contribution is 2.41. The van der Waals surface area contributed by atoms with Crippen LogP contribution in [0.2, 0.25) is 0 Å². The second-order valence-electron chi connectivity index (χ2n) is 7.81. The Labute approximate surface area is 178 Å². The Bertz CT molecular complexity index is 969. The van der Waals surface area contributed by atoms with Gasteiger partial charge in [-0.25, -0.2) is 13.9 Å². The number of amides is 1. The van der Waals surface area contributed by atoms with Crippen molar-refractivity contribution >= 4 is 17.6 Å². The largest absolute Gasteiger partial charge is 0.442 e. The highest BCUT2D eigenvalue weighted by atomic mass is 19.1. The minimum atomic E-state index is -0.804. The number of ketones is 1. The number of cyclic esters (lactones) is 1. The fraction of sp³-hybridized carbons (Fsp3) is 0.500. The maximum absolute atomic E-state index is 15.7. The molecule has 2 fully saturated rings. The van der Waals surface area contributed by atoms with Crippen LogP contribution < -0.4 is 10.6 Å². The number of rotatable bonds is 6. The normalized spacial score (nSPS) is 23.9. The SMILES string of the molecule is CN1C(=O)OC(Cn2ccnn2)C1c1ccc(C(=O)CO)c(F)c1N1CCCCC1N. The molecule has 0 saturated carbocycles. The van der Waals surface area contributed by atoms with E-state index in [9.17, 15) is 14.7 Å². The lowest BCUT2D eigenvalue weighted by Gasteiger charge is -2.38. The summed E-state index contributed by atoms with van der Waals surface area (Å²) in [5, 5.41) is 17.0. The summed E-state index contributed by atoms with van der Waals surface area (Å²) in [5.74, 6) is -1.47. The van der Waals surface area contributed by atoms with Crippen LogP contribution in [0.15, 0.2) is 24.5 Å². The summed E-state index contributed by atoms with van der Waals surface area (Å²) < 4.78 is 22.8. The number of aliphatic hydroxyl groups is 1. The smallest absolute Gasteiger partial charge is 0.410 e. The molecule has 3 atom stereocenters. The summed E-state index contributed by atoms with van der Waals surface area (Å²) in [7, 11) is 1.58. The first-order chi connectivity index (χ1) is 14.9. The predicted octanol–water partition coefficient (Wildman–Crippen LogP) is 1.06. The molecule has 0 spiro atoms. The number of hydrogen-bond acceptors (Lipinski definition) is 8. The Balaban J connectivity index is 1.82. The van der Waals surface area contributed by atoms with E-state index in [1.54, 1.807) is 24.2 Å². The number of aliphatic hydroxyl groups excluding tert-OH is 1. The summed E-state index contributed by atoms with van der Waals surface area (Å²) in [6, 6.07) is 2.32. The van der Waals surface area contributed by atoms with Gasteiger partial charge in [-0.15, -0.1) is 5.10 Å². The number of halogens is 1. The van der Waals surface area contributed by atoms with E-state index in [0.717, 1.165) is 12.8 Å². The molecule has 0 aliphatic carbocycles. The molecule has 11 heteroatoms. The molecular weight excluding hydrogens is 407 g/mol. The van der Waals surface area contributed by atoms with Crippen LogP contribution in [-0.4, -0.2) is 69.3 Å². The van der Waals surface area contributed by atoms with Gasteiger partial charge in [-0.2, -0.15) is 0 Å². The van der Waals surface area contributed by atoms with Gasteiger partial charge in [0.25, 0.3) is 0 Å². The maximum Gasteiger partial charge on any atom is 0.410 e. The van der Waals surface area contributed by atoms with Gasteiger partial charge in [0.05, 0.1) is 30.2 Å². The van der Waals surface area contributed by atoms with Gasteiger partial charge >= 0.3 is 6.09 Å². The molecule has 4 rings (SSSR count). The Hall–Kier alpha value is -3.05. The third-order valence-corrected chi connectivity index (χ3v) is 5.90. The van der Waals surface area contributed by atoms with Gasteiger partial charge in [-0.05, 0) is 25.3 Å². The fourth-order valence-corrected chi connectivity index (χ4v) is 4.35. The summed E-state index contributed by atoms with van der Waals surface area (Å²) in [5.41, 5.74) is 6.75. The lowest BCUT2D eigenvalue weighted by molar-refractivity contribution is 0.0899. The van der Waals surface area contributed by atoms with Crippen LogP contribution in [0.5, 0.6) is 0 Å². The average molecular weight is 432 g/mol. The first kappa shape index (κ1) is 21.2. The number of nitrogens with two attached hydrogens (primary N) is 1. The molecule has 2 aromatic rings. The van der Waals surface area contributed by atoms with E-state index in [4.69, 9.17) is 10.5 Å². The van der Waals surface area contributed by atoms with E-state index in [0.29, 0.717) is 18.5 Å². The Morgan fingerprint density at radius 2 is 2.19 bits per heavy atom. The van der Waals surface area contributed by atoms with Crippen LogP contribution in [0.25, 0.3) is 0 Å². The Morgan fingerprint density at radius 3 is 2.87 bits per heavy atom. The van der Waals surface area contributed by atoms with E-state index < -0.39 is 42.6 Å². The Morgan fingerprint density at radius 1 is 1.39 bits per heavy atom. The van der Waals surface area contributed by atoms with Gasteiger partial charge in [-0.3, -0.25) is 4.79 Å². The highest BCUT2D eigenvalue weighted by molar-refractivity contribution is 5.98. The van der Waals surface area contributed by atoms with Crippen molar-refractivity contribution in [3.05, 3.63) is 41.5 Å². The fourth-order valence-electron chi connectivity index (χ4n) is 4.35. The molecule has 0 radical (unpaired) electrons. The van der Waals surface area contributed by atoms with Gasteiger partial charge in [0.2, 0.25) is 0 Å². The van der Waals surface area contributed by atoms with Crippen molar-refractivity contribution in [2.45, 2.75) is 44.1 Å². The average Bonchev–Trinajstić information content (AvgIpc) is 3.36. The number of likely N-dealkylation sites (N-methyl/N-ethyl adjacent to an activating group) is 1. The van der Waals surface area contributed by atoms with Crippen LogP contribution in [0, 0.1) is 5.82 Å². The van der Waals surface area contributed by atoms with Crippen molar-refractivity contribution < 1.29 is 23.8 Å². The topological polar surface area (TPSA) is 127 Å². The molecule has 2 saturated heterocycles. The minimum Gasteiger partial charge on any atom is -0.442 e. The van der Waals surface area contributed by atoms with Crippen molar-refractivity contribution in [3.63, 3.8) is 0 Å². The molecular formula is C20H25FN6O4. The van der Waals surface area contributed by atoms with Crippen LogP contribution in [-0.2, 0) is 11.3 Å². The number of piperidine rings is 1. The summed E-state index contributed by atoms with van der Waals surface area (Å²) in [6.45, 7) is -0.0619. The summed E-state index contributed by atoms with van der Waals surface area (Å²) in [4.78, 5) is 27.7. The van der Waals surface area contributed by atoms with Crippen LogP contribution >= 0.6 is 0 Å². The number of benzene rings is 1.